The molecule has 1 rings (SSSR count). The van der Waals surface area contributed by atoms with Crippen molar-refractivity contribution in [2.24, 2.45) is 17.8 Å². The lowest BCUT2D eigenvalue weighted by Gasteiger charge is -2.28. The molecule has 0 bridgehead atoms. The van der Waals surface area contributed by atoms with Crippen LogP contribution in [0.2, 0.25) is 0 Å². The molecule has 2 atom stereocenters. The predicted molar refractivity (Wildman–Crippen MR) is 90.2 cm³/mol. The van der Waals surface area contributed by atoms with E-state index in [0.717, 1.165) is 30.3 Å². The largest absolute Gasteiger partial charge is 0.316 e. The molecule has 1 aliphatic heterocycles. The highest BCUT2D eigenvalue weighted by Crippen LogP contribution is 2.25. The van der Waals surface area contributed by atoms with E-state index in [2.05, 4.69) is 44.8 Å². The number of nitrogens with one attached hydrogen (secondary N) is 1. The van der Waals surface area contributed by atoms with Gasteiger partial charge in [-0.05, 0) is 83.0 Å². The van der Waals surface area contributed by atoms with Crippen LogP contribution >= 0.6 is 0 Å². The van der Waals surface area contributed by atoms with Crippen molar-refractivity contribution in [2.45, 2.75) is 72.8 Å². The molecule has 1 heterocycles. The van der Waals surface area contributed by atoms with Crippen molar-refractivity contribution in [3.8, 4) is 0 Å². The molecule has 0 aromatic carbocycles. The number of hydrogen-bond donors (Lipinski definition) is 1. The zero-order chi connectivity index (χ0) is 15.0. The third-order valence-corrected chi connectivity index (χ3v) is 4.90. The molecular formula is C18H38N2. The second kappa shape index (κ2) is 9.78. The van der Waals surface area contributed by atoms with E-state index < -0.39 is 0 Å². The predicted octanol–water partition coefficient (Wildman–Crippen LogP) is 4.16. The van der Waals surface area contributed by atoms with Crippen molar-refractivity contribution in [1.82, 2.24) is 10.2 Å². The van der Waals surface area contributed by atoms with Crippen LogP contribution < -0.4 is 5.32 Å². The van der Waals surface area contributed by atoms with Gasteiger partial charge < -0.3 is 10.2 Å². The molecule has 2 nitrogen and oxygen atoms in total. The first kappa shape index (κ1) is 18.0. The summed E-state index contributed by atoms with van der Waals surface area (Å²) in [6, 6.07) is 0.766. The van der Waals surface area contributed by atoms with Gasteiger partial charge in [0.25, 0.3) is 0 Å². The van der Waals surface area contributed by atoms with Crippen molar-refractivity contribution in [1.29, 1.82) is 0 Å². The summed E-state index contributed by atoms with van der Waals surface area (Å²) < 4.78 is 0. The number of likely N-dealkylation sites (tertiary alicyclic amines) is 1. The summed E-state index contributed by atoms with van der Waals surface area (Å²) in [5, 5.41) is 3.56. The molecule has 0 amide bonds. The summed E-state index contributed by atoms with van der Waals surface area (Å²) in [7, 11) is 0. The lowest BCUT2D eigenvalue weighted by molar-refractivity contribution is 0.199. The summed E-state index contributed by atoms with van der Waals surface area (Å²) in [4.78, 5) is 2.74. The monoisotopic (exact) mass is 282 g/mol. The van der Waals surface area contributed by atoms with E-state index >= 15 is 0 Å². The van der Waals surface area contributed by atoms with E-state index in [1.165, 1.54) is 51.7 Å². The molecule has 1 fully saturated rings. The third kappa shape index (κ3) is 7.08. The first-order valence-electron chi connectivity index (χ1n) is 8.95. The Kier molecular flexibility index (Phi) is 8.79. The Morgan fingerprint density at radius 1 is 1.05 bits per heavy atom. The molecule has 0 aromatic rings. The summed E-state index contributed by atoms with van der Waals surface area (Å²) in [6.07, 6.45) is 6.92. The molecule has 2 unspecified atom stereocenters. The van der Waals surface area contributed by atoms with Crippen LogP contribution in [-0.4, -0.2) is 37.1 Å². The molecule has 0 radical (unpaired) electrons. The van der Waals surface area contributed by atoms with Gasteiger partial charge in [0.05, 0.1) is 0 Å². The quantitative estimate of drug-likeness (QED) is 0.673. The third-order valence-electron chi connectivity index (χ3n) is 4.90. The van der Waals surface area contributed by atoms with Gasteiger partial charge in [0.1, 0.15) is 0 Å². The fourth-order valence-corrected chi connectivity index (χ4v) is 3.35. The highest BCUT2D eigenvalue weighted by Gasteiger charge is 2.21. The summed E-state index contributed by atoms with van der Waals surface area (Å²) in [5.74, 6) is 2.59. The highest BCUT2D eigenvalue weighted by atomic mass is 15.1. The minimum Gasteiger partial charge on any atom is -0.316 e. The molecule has 120 valence electrons. The van der Waals surface area contributed by atoms with Crippen molar-refractivity contribution in [3.63, 3.8) is 0 Å². The maximum absolute atomic E-state index is 3.56. The standard InChI is InChI=1S/C18H38N2/c1-15(2)14-19-11-6-8-17(5)20-12-7-9-18(10-13-20)16(3)4/h15-19H,6-14H2,1-5H3. The minimum absolute atomic E-state index is 0.766. The second-order valence-electron chi connectivity index (χ2n) is 7.56. The van der Waals surface area contributed by atoms with Gasteiger partial charge in [-0.3, -0.25) is 0 Å². The molecule has 2 heteroatoms. The first-order chi connectivity index (χ1) is 9.50. The van der Waals surface area contributed by atoms with E-state index in [1.54, 1.807) is 0 Å². The molecule has 0 spiro atoms. The molecule has 0 saturated carbocycles. The van der Waals surface area contributed by atoms with Gasteiger partial charge in [-0.2, -0.15) is 0 Å². The average molecular weight is 283 g/mol. The molecule has 1 saturated heterocycles. The van der Waals surface area contributed by atoms with Gasteiger partial charge in [0, 0.05) is 6.04 Å². The normalized spacial score (nSPS) is 23.2. The SMILES string of the molecule is CC(C)CNCCCC(C)N1CCCC(C(C)C)CC1. The Bertz CT molecular complexity index is 238. The lowest BCUT2D eigenvalue weighted by atomic mass is 9.89. The molecular weight excluding hydrogens is 244 g/mol. The Labute approximate surface area is 127 Å². The number of nitrogens with zero attached hydrogens (tertiary/aromatic N) is 1. The minimum atomic E-state index is 0.766. The molecule has 0 aliphatic carbocycles. The van der Waals surface area contributed by atoms with Crippen LogP contribution in [0.1, 0.15) is 66.7 Å². The summed E-state index contributed by atoms with van der Waals surface area (Å²) >= 11 is 0. The van der Waals surface area contributed by atoms with Gasteiger partial charge in [0.15, 0.2) is 0 Å². The van der Waals surface area contributed by atoms with Crippen LogP contribution in [0.15, 0.2) is 0 Å². The molecule has 20 heavy (non-hydrogen) atoms. The van der Waals surface area contributed by atoms with E-state index in [9.17, 15) is 0 Å². The van der Waals surface area contributed by atoms with Gasteiger partial charge >= 0.3 is 0 Å². The number of rotatable bonds is 8. The Hall–Kier alpha value is -0.0800. The van der Waals surface area contributed by atoms with Gasteiger partial charge in [-0.1, -0.05) is 27.7 Å². The fraction of sp³-hybridized carbons (Fsp3) is 1.00. The van der Waals surface area contributed by atoms with E-state index in [1.807, 2.05) is 0 Å². The molecule has 1 aliphatic rings. The smallest absolute Gasteiger partial charge is 0.00674 e. The van der Waals surface area contributed by atoms with Crippen molar-refractivity contribution in [2.75, 3.05) is 26.2 Å². The van der Waals surface area contributed by atoms with Gasteiger partial charge in [0.2, 0.25) is 0 Å². The summed E-state index contributed by atoms with van der Waals surface area (Å²) in [6.45, 7) is 16.8. The van der Waals surface area contributed by atoms with Crippen LogP contribution in [0, 0.1) is 17.8 Å². The zero-order valence-electron chi connectivity index (χ0n) is 14.6. The molecule has 1 N–H and O–H groups in total. The zero-order valence-corrected chi connectivity index (χ0v) is 14.6. The van der Waals surface area contributed by atoms with Crippen molar-refractivity contribution < 1.29 is 0 Å². The maximum Gasteiger partial charge on any atom is 0.00674 e. The average Bonchev–Trinajstić information content (AvgIpc) is 2.63. The van der Waals surface area contributed by atoms with Crippen LogP contribution in [0.5, 0.6) is 0 Å². The van der Waals surface area contributed by atoms with E-state index in [0.29, 0.717) is 0 Å². The van der Waals surface area contributed by atoms with E-state index in [-0.39, 0.29) is 0 Å². The van der Waals surface area contributed by atoms with Crippen LogP contribution in [0.3, 0.4) is 0 Å². The fourth-order valence-electron chi connectivity index (χ4n) is 3.35. The Balaban J connectivity index is 2.17. The van der Waals surface area contributed by atoms with Gasteiger partial charge in [-0.15, -0.1) is 0 Å². The topological polar surface area (TPSA) is 15.3 Å². The van der Waals surface area contributed by atoms with Crippen molar-refractivity contribution >= 4 is 0 Å². The summed E-state index contributed by atoms with van der Waals surface area (Å²) in [5.41, 5.74) is 0. The molecule has 0 aromatic heterocycles. The highest BCUT2D eigenvalue weighted by molar-refractivity contribution is 4.76. The Morgan fingerprint density at radius 2 is 1.80 bits per heavy atom. The maximum atomic E-state index is 3.56. The second-order valence-corrected chi connectivity index (χ2v) is 7.56. The van der Waals surface area contributed by atoms with E-state index in [4.69, 9.17) is 0 Å². The Morgan fingerprint density at radius 3 is 2.45 bits per heavy atom. The van der Waals surface area contributed by atoms with Crippen molar-refractivity contribution in [3.05, 3.63) is 0 Å². The van der Waals surface area contributed by atoms with Crippen LogP contribution in [-0.2, 0) is 0 Å². The first-order valence-corrected chi connectivity index (χ1v) is 8.95. The lowest BCUT2D eigenvalue weighted by Crippen LogP contribution is -2.34. The number of hydrogen-bond acceptors (Lipinski definition) is 2. The van der Waals surface area contributed by atoms with Crippen LogP contribution in [0.25, 0.3) is 0 Å². The van der Waals surface area contributed by atoms with Gasteiger partial charge in [-0.25, -0.2) is 0 Å². The van der Waals surface area contributed by atoms with Crippen LogP contribution in [0.4, 0.5) is 0 Å².